The van der Waals surface area contributed by atoms with Gasteiger partial charge in [0, 0.05) is 29.7 Å². The fourth-order valence-electron chi connectivity index (χ4n) is 5.41. The van der Waals surface area contributed by atoms with Gasteiger partial charge >= 0.3 is 0 Å². The summed E-state index contributed by atoms with van der Waals surface area (Å²) in [5.41, 5.74) is 1.74. The van der Waals surface area contributed by atoms with Crippen LogP contribution in [0.25, 0.3) is 10.2 Å². The third kappa shape index (κ3) is 3.12. The highest BCUT2D eigenvalue weighted by molar-refractivity contribution is 8.01. The number of thiazole rings is 1. The van der Waals surface area contributed by atoms with Crippen molar-refractivity contribution in [3.63, 3.8) is 0 Å². The molecule has 1 aromatic heterocycles. The largest absolute Gasteiger partial charge is 0.353 e. The van der Waals surface area contributed by atoms with Crippen LogP contribution in [-0.4, -0.2) is 41.9 Å². The molecular formula is C21H22N2O4S2. The number of thioether (sulfide) groups is 1. The molecule has 29 heavy (non-hydrogen) atoms. The molecular weight excluding hydrogens is 408 g/mol. The first-order chi connectivity index (χ1) is 14.2. The number of anilines is 1. The lowest BCUT2D eigenvalue weighted by Crippen LogP contribution is -2.27. The van der Waals surface area contributed by atoms with Gasteiger partial charge in [0.15, 0.2) is 10.6 Å². The van der Waals surface area contributed by atoms with E-state index in [9.17, 15) is 9.59 Å². The van der Waals surface area contributed by atoms with Crippen LogP contribution in [0.2, 0.25) is 0 Å². The molecule has 8 heteroatoms. The minimum Gasteiger partial charge on any atom is -0.353 e. The first-order valence-corrected chi connectivity index (χ1v) is 12.1. The molecule has 0 spiro atoms. The molecule has 4 saturated carbocycles. The maximum absolute atomic E-state index is 12.8. The zero-order valence-corrected chi connectivity index (χ0v) is 17.5. The van der Waals surface area contributed by atoms with E-state index in [1.165, 1.54) is 0 Å². The minimum absolute atomic E-state index is 0.0156. The second-order valence-corrected chi connectivity index (χ2v) is 10.7. The van der Waals surface area contributed by atoms with Gasteiger partial charge in [-0.1, -0.05) is 11.8 Å². The molecule has 1 aromatic carbocycles. The van der Waals surface area contributed by atoms with E-state index in [0.717, 1.165) is 58.5 Å². The van der Waals surface area contributed by atoms with Crippen LogP contribution in [0.3, 0.4) is 0 Å². The Morgan fingerprint density at radius 2 is 2.17 bits per heavy atom. The van der Waals surface area contributed by atoms with Gasteiger partial charge in [-0.25, -0.2) is 4.98 Å². The average Bonchev–Trinajstić information content (AvgIpc) is 3.07. The van der Waals surface area contributed by atoms with Crippen molar-refractivity contribution in [2.45, 2.75) is 29.9 Å². The quantitative estimate of drug-likeness (QED) is 0.706. The Hall–Kier alpha value is -1.48. The van der Waals surface area contributed by atoms with E-state index in [0.29, 0.717) is 17.6 Å². The van der Waals surface area contributed by atoms with Crippen molar-refractivity contribution < 1.29 is 19.1 Å². The fraction of sp³-hybridized carbons (Fsp3) is 0.571. The van der Waals surface area contributed by atoms with Crippen LogP contribution in [0.1, 0.15) is 19.3 Å². The van der Waals surface area contributed by atoms with Gasteiger partial charge in [0.05, 0.1) is 29.3 Å². The van der Waals surface area contributed by atoms with Gasteiger partial charge in [0.2, 0.25) is 5.91 Å². The summed E-state index contributed by atoms with van der Waals surface area (Å²) in [5, 5.41) is 3.05. The van der Waals surface area contributed by atoms with E-state index >= 15 is 0 Å². The maximum atomic E-state index is 12.8. The molecule has 5 atom stereocenters. The molecule has 5 unspecified atom stereocenters. The molecule has 1 N–H and O–H groups in total. The van der Waals surface area contributed by atoms with Crippen molar-refractivity contribution in [1.29, 1.82) is 0 Å². The number of ether oxygens (including phenoxy) is 2. The van der Waals surface area contributed by atoms with Gasteiger partial charge in [0.25, 0.3) is 0 Å². The van der Waals surface area contributed by atoms with E-state index < -0.39 is 0 Å². The average molecular weight is 431 g/mol. The van der Waals surface area contributed by atoms with Gasteiger partial charge in [-0.05, 0) is 42.9 Å². The van der Waals surface area contributed by atoms with Crippen LogP contribution in [0, 0.1) is 29.6 Å². The first-order valence-electron chi connectivity index (χ1n) is 10.3. The number of hydrogen-bond acceptors (Lipinski definition) is 7. The van der Waals surface area contributed by atoms with Crippen molar-refractivity contribution in [3.8, 4) is 0 Å². The highest BCUT2D eigenvalue weighted by Gasteiger charge is 2.75. The Morgan fingerprint density at radius 1 is 1.31 bits per heavy atom. The van der Waals surface area contributed by atoms with E-state index in [1.807, 2.05) is 18.2 Å². The molecule has 6 nitrogen and oxygen atoms in total. The predicted molar refractivity (Wildman–Crippen MR) is 111 cm³/mol. The van der Waals surface area contributed by atoms with Crippen LogP contribution >= 0.6 is 23.1 Å². The number of fused-ring (bicyclic) bond motifs is 1. The van der Waals surface area contributed by atoms with E-state index in [1.54, 1.807) is 23.1 Å². The van der Waals surface area contributed by atoms with Crippen LogP contribution in [0.15, 0.2) is 22.5 Å². The number of carbonyl (C=O) groups is 2. The molecule has 0 radical (unpaired) electrons. The number of amides is 1. The van der Waals surface area contributed by atoms with Crippen molar-refractivity contribution in [1.82, 2.24) is 4.98 Å². The molecule has 4 bridgehead atoms. The number of carbonyl (C=O) groups excluding carboxylic acids is 2. The number of nitrogens with one attached hydrogen (secondary N) is 1. The Bertz CT molecular complexity index is 986. The summed E-state index contributed by atoms with van der Waals surface area (Å²) in [6.07, 6.45) is 2.66. The minimum atomic E-state index is -0.106. The van der Waals surface area contributed by atoms with Crippen molar-refractivity contribution in [2.75, 3.05) is 24.3 Å². The van der Waals surface area contributed by atoms with Gasteiger partial charge in [0.1, 0.15) is 5.78 Å². The Morgan fingerprint density at radius 3 is 2.90 bits per heavy atom. The van der Waals surface area contributed by atoms with E-state index in [2.05, 4.69) is 10.3 Å². The van der Waals surface area contributed by atoms with Gasteiger partial charge < -0.3 is 14.8 Å². The predicted octanol–water partition coefficient (Wildman–Crippen LogP) is 3.56. The summed E-state index contributed by atoms with van der Waals surface area (Å²) in [7, 11) is 0. The molecule has 2 aromatic rings. The Kier molecular flexibility index (Phi) is 4.44. The molecule has 5 fully saturated rings. The second kappa shape index (κ2) is 7.04. The highest BCUT2D eigenvalue weighted by atomic mass is 32.2. The molecule has 4 aliphatic carbocycles. The molecule has 1 aliphatic heterocycles. The highest BCUT2D eigenvalue weighted by Crippen LogP contribution is 2.71. The molecule has 1 amide bonds. The molecule has 1 saturated heterocycles. The van der Waals surface area contributed by atoms with Crippen molar-refractivity contribution in [2.24, 2.45) is 29.6 Å². The SMILES string of the molecule is O=C(Nc1ccc2nc(SCCC3OCCCO3)sc2c1)C1C2CC3C(C2=O)C31. The lowest BCUT2D eigenvalue weighted by atomic mass is 9.96. The van der Waals surface area contributed by atoms with Crippen LogP contribution in [0.4, 0.5) is 5.69 Å². The van der Waals surface area contributed by atoms with Gasteiger partial charge in [-0.2, -0.15) is 0 Å². The number of Topliss-reactive ketones (excluding diaryl/α,β-unsaturated/α-hetero) is 1. The lowest BCUT2D eigenvalue weighted by molar-refractivity contribution is -0.178. The van der Waals surface area contributed by atoms with Crippen molar-refractivity contribution >= 4 is 50.7 Å². The van der Waals surface area contributed by atoms with Crippen LogP contribution < -0.4 is 5.32 Å². The van der Waals surface area contributed by atoms with Crippen LogP contribution in [-0.2, 0) is 19.1 Å². The zero-order valence-electron chi connectivity index (χ0n) is 15.8. The molecule has 152 valence electrons. The summed E-state index contributed by atoms with van der Waals surface area (Å²) < 4.78 is 13.2. The fourth-order valence-corrected chi connectivity index (χ4v) is 7.55. The normalized spacial score (nSPS) is 32.8. The Balaban J connectivity index is 1.09. The topological polar surface area (TPSA) is 77.5 Å². The van der Waals surface area contributed by atoms with Crippen LogP contribution in [0.5, 0.6) is 0 Å². The monoisotopic (exact) mass is 430 g/mol. The number of nitrogens with zero attached hydrogens (tertiary/aromatic N) is 1. The molecule has 5 aliphatic rings. The number of ketones is 1. The summed E-state index contributed by atoms with van der Waals surface area (Å²) in [6, 6.07) is 5.86. The van der Waals surface area contributed by atoms with Gasteiger partial charge in [-0.15, -0.1) is 11.3 Å². The van der Waals surface area contributed by atoms with Gasteiger partial charge in [-0.3, -0.25) is 9.59 Å². The summed E-state index contributed by atoms with van der Waals surface area (Å²) >= 11 is 3.35. The zero-order chi connectivity index (χ0) is 19.5. The smallest absolute Gasteiger partial charge is 0.228 e. The number of rotatable bonds is 6. The number of hydrogen-bond donors (Lipinski definition) is 1. The molecule has 2 heterocycles. The maximum Gasteiger partial charge on any atom is 0.228 e. The second-order valence-electron chi connectivity index (χ2n) is 8.35. The summed E-state index contributed by atoms with van der Waals surface area (Å²) in [5.74, 6) is 2.13. The lowest BCUT2D eigenvalue weighted by Gasteiger charge is -2.22. The third-order valence-corrected chi connectivity index (χ3v) is 8.91. The third-order valence-electron chi connectivity index (χ3n) is 6.71. The first kappa shape index (κ1) is 18.3. The molecule has 7 rings (SSSR count). The van der Waals surface area contributed by atoms with Crippen molar-refractivity contribution in [3.05, 3.63) is 18.2 Å². The number of aromatic nitrogens is 1. The van der Waals surface area contributed by atoms with E-state index in [4.69, 9.17) is 9.47 Å². The summed E-state index contributed by atoms with van der Waals surface area (Å²) in [4.78, 5) is 29.6. The standard InChI is InChI=1S/C21H22N2O4S2/c24-19-12-9-11-16(17(11)19)18(12)20(25)22-10-2-3-13-14(8-10)29-21(23-13)28-7-4-15-26-5-1-6-27-15/h2-3,8,11-12,15-18H,1,4-7,9H2,(H,22,25). The number of benzene rings is 1. The van der Waals surface area contributed by atoms with E-state index in [-0.39, 0.29) is 30.0 Å². The summed E-state index contributed by atoms with van der Waals surface area (Å²) in [6.45, 7) is 1.56. The Labute approximate surface area is 176 Å².